The Morgan fingerprint density at radius 3 is 2.95 bits per heavy atom. The number of carbonyl (C=O) groups excluding carboxylic acids is 1. The summed E-state index contributed by atoms with van der Waals surface area (Å²) in [6.45, 7) is 4.98. The van der Waals surface area contributed by atoms with Crippen LogP contribution in [0.1, 0.15) is 43.7 Å². The van der Waals surface area contributed by atoms with Gasteiger partial charge in [-0.3, -0.25) is 4.79 Å². The first-order valence-electron chi connectivity index (χ1n) is 7.57. The summed E-state index contributed by atoms with van der Waals surface area (Å²) in [5.41, 5.74) is 5.25. The van der Waals surface area contributed by atoms with Crippen molar-refractivity contribution in [1.29, 1.82) is 0 Å². The van der Waals surface area contributed by atoms with Crippen molar-refractivity contribution in [3.05, 3.63) is 46.5 Å². The maximum Gasteiger partial charge on any atom is 0.316 e. The van der Waals surface area contributed by atoms with Gasteiger partial charge in [-0.05, 0) is 48.8 Å². The zero-order chi connectivity index (χ0) is 13.9. The molecule has 1 heterocycles. The molecule has 2 heteroatoms. The highest BCUT2D eigenvalue weighted by Gasteiger charge is 2.54. The van der Waals surface area contributed by atoms with Crippen molar-refractivity contribution in [3.63, 3.8) is 0 Å². The normalized spacial score (nSPS) is 35.2. The van der Waals surface area contributed by atoms with Crippen LogP contribution in [-0.4, -0.2) is 12.6 Å². The van der Waals surface area contributed by atoms with Crippen LogP contribution in [-0.2, 0) is 16.0 Å². The maximum atomic E-state index is 12.6. The van der Waals surface area contributed by atoms with E-state index in [2.05, 4.69) is 38.1 Å². The van der Waals surface area contributed by atoms with E-state index in [-0.39, 0.29) is 11.4 Å². The lowest BCUT2D eigenvalue weighted by Crippen LogP contribution is -2.49. The molecule has 0 radical (unpaired) electrons. The smallest absolute Gasteiger partial charge is 0.316 e. The Hall–Kier alpha value is -1.57. The molecule has 104 valence electrons. The maximum absolute atomic E-state index is 12.6. The van der Waals surface area contributed by atoms with Crippen molar-refractivity contribution in [1.82, 2.24) is 0 Å². The molecule has 2 aliphatic carbocycles. The standard InChI is InChI=1S/C18H20O2/c1-11-7-14-9-18(8-13-5-3-4-6-15(13)14)16(11)12(2)10-20-17(18)19/h3-6,12,14H,7-10H2,1-2H3/t12-,14-,18-/m0/s1. The molecule has 3 atom stereocenters. The van der Waals surface area contributed by atoms with Gasteiger partial charge in [0, 0.05) is 5.92 Å². The molecule has 3 aliphatic rings. The van der Waals surface area contributed by atoms with Crippen molar-refractivity contribution < 1.29 is 9.53 Å². The van der Waals surface area contributed by atoms with E-state index in [0.29, 0.717) is 18.4 Å². The summed E-state index contributed by atoms with van der Waals surface area (Å²) < 4.78 is 5.53. The molecule has 0 unspecified atom stereocenters. The molecular formula is C18H20O2. The van der Waals surface area contributed by atoms with E-state index in [1.807, 2.05) is 0 Å². The summed E-state index contributed by atoms with van der Waals surface area (Å²) >= 11 is 0. The molecule has 20 heavy (non-hydrogen) atoms. The second kappa shape index (κ2) is 3.97. The van der Waals surface area contributed by atoms with E-state index in [4.69, 9.17) is 4.74 Å². The summed E-state index contributed by atoms with van der Waals surface area (Å²) in [6, 6.07) is 8.63. The molecule has 1 fully saturated rings. The highest BCUT2D eigenvalue weighted by molar-refractivity contribution is 5.84. The van der Waals surface area contributed by atoms with Crippen LogP contribution in [0.25, 0.3) is 0 Å². The molecule has 2 bridgehead atoms. The number of benzene rings is 1. The van der Waals surface area contributed by atoms with E-state index < -0.39 is 0 Å². The highest BCUT2D eigenvalue weighted by Crippen LogP contribution is 2.57. The minimum absolute atomic E-state index is 0.0177. The number of allylic oxidation sites excluding steroid dienone is 1. The van der Waals surface area contributed by atoms with Gasteiger partial charge in [0.2, 0.25) is 0 Å². The molecule has 0 N–H and O–H groups in total. The van der Waals surface area contributed by atoms with Crippen LogP contribution in [0.15, 0.2) is 35.4 Å². The Labute approximate surface area is 119 Å². The van der Waals surface area contributed by atoms with Crippen LogP contribution in [0, 0.1) is 11.3 Å². The number of esters is 1. The van der Waals surface area contributed by atoms with Gasteiger partial charge >= 0.3 is 5.97 Å². The molecule has 0 saturated carbocycles. The predicted molar refractivity (Wildman–Crippen MR) is 77.4 cm³/mol. The molecule has 0 aromatic heterocycles. The van der Waals surface area contributed by atoms with Crippen LogP contribution < -0.4 is 0 Å². The fraction of sp³-hybridized carbons (Fsp3) is 0.500. The largest absolute Gasteiger partial charge is 0.464 e. The fourth-order valence-electron chi connectivity index (χ4n) is 4.88. The lowest BCUT2D eigenvalue weighted by atomic mass is 9.55. The van der Waals surface area contributed by atoms with E-state index in [9.17, 15) is 4.79 Å². The lowest BCUT2D eigenvalue weighted by Gasteiger charge is -2.50. The van der Waals surface area contributed by atoms with Crippen molar-refractivity contribution in [2.24, 2.45) is 11.3 Å². The van der Waals surface area contributed by atoms with E-state index in [1.54, 1.807) is 0 Å². The number of fused-ring (bicyclic) bond motifs is 3. The quantitative estimate of drug-likeness (QED) is 0.530. The van der Waals surface area contributed by atoms with Crippen molar-refractivity contribution in [2.45, 2.75) is 39.0 Å². The fourth-order valence-corrected chi connectivity index (χ4v) is 4.88. The van der Waals surface area contributed by atoms with E-state index in [0.717, 1.165) is 19.3 Å². The van der Waals surface area contributed by atoms with Gasteiger partial charge < -0.3 is 4.74 Å². The van der Waals surface area contributed by atoms with Gasteiger partial charge in [-0.15, -0.1) is 0 Å². The Balaban J connectivity index is 1.93. The molecular weight excluding hydrogens is 248 g/mol. The second-order valence-corrected chi connectivity index (χ2v) is 6.76. The molecule has 4 rings (SSSR count). The van der Waals surface area contributed by atoms with Gasteiger partial charge in [0.1, 0.15) is 0 Å². The van der Waals surface area contributed by atoms with Crippen LogP contribution in [0.2, 0.25) is 0 Å². The van der Waals surface area contributed by atoms with Crippen LogP contribution >= 0.6 is 0 Å². The van der Waals surface area contributed by atoms with Gasteiger partial charge in [-0.1, -0.05) is 36.8 Å². The van der Waals surface area contributed by atoms with Crippen LogP contribution in [0.4, 0.5) is 0 Å². The number of ether oxygens (including phenoxy) is 1. The zero-order valence-electron chi connectivity index (χ0n) is 12.1. The molecule has 1 aromatic carbocycles. The summed E-state index contributed by atoms with van der Waals surface area (Å²) in [5, 5.41) is 0. The van der Waals surface area contributed by atoms with Gasteiger partial charge in [0.05, 0.1) is 12.0 Å². The Kier molecular flexibility index (Phi) is 2.42. The first kappa shape index (κ1) is 12.2. The van der Waals surface area contributed by atoms with Crippen molar-refractivity contribution in [3.8, 4) is 0 Å². The summed E-state index contributed by atoms with van der Waals surface area (Å²) in [7, 11) is 0. The topological polar surface area (TPSA) is 26.3 Å². The zero-order valence-corrected chi connectivity index (χ0v) is 12.1. The molecule has 1 saturated heterocycles. The molecule has 2 nitrogen and oxygen atoms in total. The minimum atomic E-state index is -0.362. The Bertz CT molecular complexity index is 628. The predicted octanol–water partition coefficient (Wildman–Crippen LogP) is 3.62. The van der Waals surface area contributed by atoms with Crippen molar-refractivity contribution >= 4 is 5.97 Å². The summed E-state index contributed by atoms with van der Waals surface area (Å²) in [6.07, 6.45) is 2.88. The van der Waals surface area contributed by atoms with E-state index >= 15 is 0 Å². The van der Waals surface area contributed by atoms with Gasteiger partial charge in [0.15, 0.2) is 0 Å². The molecule has 0 amide bonds. The van der Waals surface area contributed by atoms with Crippen LogP contribution in [0.5, 0.6) is 0 Å². The third kappa shape index (κ3) is 1.42. The van der Waals surface area contributed by atoms with Gasteiger partial charge in [-0.25, -0.2) is 0 Å². The van der Waals surface area contributed by atoms with Crippen LogP contribution in [0.3, 0.4) is 0 Å². The van der Waals surface area contributed by atoms with E-state index in [1.165, 1.54) is 22.3 Å². The average Bonchev–Trinajstić information content (AvgIpc) is 2.43. The molecule has 1 aliphatic heterocycles. The lowest BCUT2D eigenvalue weighted by molar-refractivity contribution is -0.161. The highest BCUT2D eigenvalue weighted by atomic mass is 16.5. The third-order valence-corrected chi connectivity index (χ3v) is 5.46. The Morgan fingerprint density at radius 1 is 1.30 bits per heavy atom. The number of cyclic esters (lactones) is 1. The summed E-state index contributed by atoms with van der Waals surface area (Å²) in [5.74, 6) is 0.879. The first-order chi connectivity index (χ1) is 9.62. The average molecular weight is 268 g/mol. The monoisotopic (exact) mass is 268 g/mol. The number of rotatable bonds is 0. The van der Waals surface area contributed by atoms with Gasteiger partial charge in [-0.2, -0.15) is 0 Å². The number of hydrogen-bond donors (Lipinski definition) is 0. The second-order valence-electron chi connectivity index (χ2n) is 6.76. The third-order valence-electron chi connectivity index (χ3n) is 5.46. The van der Waals surface area contributed by atoms with Crippen molar-refractivity contribution in [2.75, 3.05) is 6.61 Å². The minimum Gasteiger partial charge on any atom is -0.464 e. The SMILES string of the molecule is CC1=C2[C@@H](C)COC(=O)[C@]23Cc2ccccc2[C@@H](C1)C3. The number of carbonyl (C=O) groups is 1. The number of hydrogen-bond acceptors (Lipinski definition) is 2. The van der Waals surface area contributed by atoms with Gasteiger partial charge in [0.25, 0.3) is 0 Å². The first-order valence-corrected chi connectivity index (χ1v) is 7.57. The molecule has 1 aromatic rings. The molecule has 1 spiro atoms. The summed E-state index contributed by atoms with van der Waals surface area (Å²) in [4.78, 5) is 12.6. The Morgan fingerprint density at radius 2 is 2.10 bits per heavy atom.